The lowest BCUT2D eigenvalue weighted by molar-refractivity contribution is -0.147. The van der Waals surface area contributed by atoms with Crippen LogP contribution in [0.2, 0.25) is 0 Å². The van der Waals surface area contributed by atoms with Gasteiger partial charge >= 0.3 is 13.8 Å². The van der Waals surface area contributed by atoms with Crippen LogP contribution in [-0.4, -0.2) is 52.3 Å². The summed E-state index contributed by atoms with van der Waals surface area (Å²) in [4.78, 5) is 12.6. The number of cyclic esters (lactones) is 1. The van der Waals surface area contributed by atoms with Crippen molar-refractivity contribution in [2.24, 2.45) is 11.8 Å². The van der Waals surface area contributed by atoms with Gasteiger partial charge in [0.2, 0.25) is 0 Å². The maximum Gasteiger partial charge on any atom is 0.531 e. The van der Waals surface area contributed by atoms with E-state index in [9.17, 15) is 24.7 Å². The van der Waals surface area contributed by atoms with Crippen LogP contribution in [0.4, 0.5) is 0 Å². The summed E-state index contributed by atoms with van der Waals surface area (Å²) in [6, 6.07) is 0. The van der Waals surface area contributed by atoms with Crippen molar-refractivity contribution in [1.82, 2.24) is 0 Å². The van der Waals surface area contributed by atoms with Crippen LogP contribution in [0.1, 0.15) is 144 Å². The van der Waals surface area contributed by atoms with Crippen molar-refractivity contribution < 1.29 is 43.0 Å². The van der Waals surface area contributed by atoms with Crippen molar-refractivity contribution >= 4 is 13.8 Å². The lowest BCUT2D eigenvalue weighted by Crippen LogP contribution is -2.31. The van der Waals surface area contributed by atoms with Gasteiger partial charge in [-0.1, -0.05) is 131 Å². The number of aliphatic hydroxyl groups is 3. The Morgan fingerprint density at radius 1 is 0.762 bits per heavy atom. The van der Waals surface area contributed by atoms with Gasteiger partial charge in [0.05, 0.1) is 18.8 Å². The molecule has 1 heterocycles. The molecule has 1 rings (SSSR count). The molecular formula is C32H61O9P. The smallest absolute Gasteiger partial charge is 0.505 e. The molecule has 0 aliphatic carbocycles. The average molecular weight is 621 g/mol. The summed E-state index contributed by atoms with van der Waals surface area (Å²) in [5.74, 6) is -2.57. The second-order valence-electron chi connectivity index (χ2n) is 12.4. The summed E-state index contributed by atoms with van der Waals surface area (Å²) >= 11 is 0. The average Bonchev–Trinajstić information content (AvgIpc) is 3.22. The van der Waals surface area contributed by atoms with E-state index < -0.39 is 56.3 Å². The van der Waals surface area contributed by atoms with Crippen LogP contribution in [0.25, 0.3) is 0 Å². The first-order valence-electron chi connectivity index (χ1n) is 16.6. The Morgan fingerprint density at radius 3 is 1.55 bits per heavy atom. The highest BCUT2D eigenvalue weighted by atomic mass is 31.2. The molecule has 0 fully saturated rings. The molecule has 248 valence electrons. The third-order valence-electron chi connectivity index (χ3n) is 7.86. The molecule has 0 saturated carbocycles. The van der Waals surface area contributed by atoms with Crippen molar-refractivity contribution in [3.05, 3.63) is 11.5 Å². The highest BCUT2D eigenvalue weighted by molar-refractivity contribution is 7.48. The number of hydrogen-bond acceptors (Lipinski definition) is 9. The zero-order chi connectivity index (χ0) is 31.5. The van der Waals surface area contributed by atoms with Crippen molar-refractivity contribution in [2.45, 2.75) is 169 Å². The molecule has 3 unspecified atom stereocenters. The van der Waals surface area contributed by atoms with Crippen LogP contribution in [0.5, 0.6) is 0 Å². The number of phosphoric acid groups is 1. The number of rotatable bonds is 26. The molecule has 10 heteroatoms. The Morgan fingerprint density at radius 2 is 1.17 bits per heavy atom. The summed E-state index contributed by atoms with van der Waals surface area (Å²) in [5.41, 5.74) is 0. The fourth-order valence-corrected chi connectivity index (χ4v) is 6.92. The first kappa shape index (κ1) is 38.9. The molecular weight excluding hydrogens is 559 g/mol. The summed E-state index contributed by atoms with van der Waals surface area (Å²) in [6.07, 6.45) is 13.1. The quantitative estimate of drug-likeness (QED) is 0.0494. The molecule has 0 aromatic heterocycles. The van der Waals surface area contributed by atoms with E-state index in [-0.39, 0.29) is 11.8 Å². The Kier molecular flexibility index (Phi) is 20.0. The van der Waals surface area contributed by atoms with E-state index in [0.717, 1.165) is 38.5 Å². The first-order chi connectivity index (χ1) is 20.0. The van der Waals surface area contributed by atoms with E-state index >= 15 is 0 Å². The van der Waals surface area contributed by atoms with Gasteiger partial charge < -0.3 is 24.6 Å². The van der Waals surface area contributed by atoms with Gasteiger partial charge in [0.15, 0.2) is 11.9 Å². The standard InChI is InChI=1S/C32H61O9P/c1-7-9-11-13-15-17-19-21-27(24(3)4)39-42(37,41-31-29(35)30(26(34)23-33)38-32(31)36)40-28(25(5)6)22-20-18-16-14-12-10-8-2/h24-28,30,33-35H,7-23H2,1-6H3/t26?,27?,28?,30-,42?/m1/s1. The lowest BCUT2D eigenvalue weighted by Gasteiger charge is -2.30. The topological polar surface area (TPSA) is 132 Å². The molecule has 1 aliphatic heterocycles. The molecule has 0 radical (unpaired) electrons. The Bertz CT molecular complexity index is 778. The van der Waals surface area contributed by atoms with Crippen LogP contribution >= 0.6 is 7.82 Å². The van der Waals surface area contributed by atoms with Gasteiger partial charge in [-0.3, -0.25) is 9.05 Å². The van der Waals surface area contributed by atoms with E-state index in [1.807, 2.05) is 27.7 Å². The molecule has 1 aliphatic rings. The molecule has 0 aromatic carbocycles. The SMILES string of the molecule is CCCCCCCCCC(OP(=O)(OC1=C(O)[C@@H](C(O)CO)OC1=O)OC(CCCCCCCCC)C(C)C)C(C)C. The largest absolute Gasteiger partial charge is 0.531 e. The van der Waals surface area contributed by atoms with Crippen LogP contribution in [0, 0.1) is 11.8 Å². The predicted octanol–water partition coefficient (Wildman–Crippen LogP) is 8.52. The summed E-state index contributed by atoms with van der Waals surface area (Å²) in [6.45, 7) is 11.5. The van der Waals surface area contributed by atoms with E-state index in [4.69, 9.17) is 18.3 Å². The van der Waals surface area contributed by atoms with Crippen LogP contribution < -0.4 is 0 Å². The third kappa shape index (κ3) is 14.6. The number of hydrogen-bond donors (Lipinski definition) is 3. The predicted molar refractivity (Wildman–Crippen MR) is 166 cm³/mol. The second kappa shape index (κ2) is 21.6. The summed E-state index contributed by atoms with van der Waals surface area (Å²) in [7, 11) is -4.43. The zero-order valence-corrected chi connectivity index (χ0v) is 28.1. The number of carbonyl (C=O) groups excluding carboxylic acids is 1. The van der Waals surface area contributed by atoms with Crippen molar-refractivity contribution in [2.75, 3.05) is 6.61 Å². The van der Waals surface area contributed by atoms with Gasteiger partial charge in [0.25, 0.3) is 5.76 Å². The number of esters is 1. The highest BCUT2D eigenvalue weighted by Crippen LogP contribution is 2.56. The highest BCUT2D eigenvalue weighted by Gasteiger charge is 2.46. The lowest BCUT2D eigenvalue weighted by atomic mass is 10.00. The van der Waals surface area contributed by atoms with Crippen molar-refractivity contribution in [3.63, 3.8) is 0 Å². The molecule has 9 nitrogen and oxygen atoms in total. The van der Waals surface area contributed by atoms with Gasteiger partial charge in [-0.25, -0.2) is 9.36 Å². The van der Waals surface area contributed by atoms with Crippen LogP contribution in [-0.2, 0) is 27.7 Å². The molecule has 42 heavy (non-hydrogen) atoms. The van der Waals surface area contributed by atoms with E-state index in [1.54, 1.807) is 0 Å². The Labute approximate surface area is 255 Å². The van der Waals surface area contributed by atoms with Crippen molar-refractivity contribution in [1.29, 1.82) is 0 Å². The first-order valence-corrected chi connectivity index (χ1v) is 18.0. The molecule has 4 atom stereocenters. The third-order valence-corrected chi connectivity index (χ3v) is 9.33. The van der Waals surface area contributed by atoms with E-state index in [1.165, 1.54) is 51.4 Å². The van der Waals surface area contributed by atoms with Gasteiger partial charge in [0.1, 0.15) is 6.10 Å². The minimum Gasteiger partial charge on any atom is -0.505 e. The number of ether oxygens (including phenoxy) is 1. The van der Waals surface area contributed by atoms with Gasteiger partial charge in [-0.05, 0) is 24.7 Å². The Balaban J connectivity index is 3.06. The number of aliphatic hydroxyl groups excluding tert-OH is 3. The minimum atomic E-state index is -4.43. The summed E-state index contributed by atoms with van der Waals surface area (Å²) < 4.78 is 37.2. The van der Waals surface area contributed by atoms with Gasteiger partial charge in [-0.15, -0.1) is 0 Å². The fourth-order valence-electron chi connectivity index (χ4n) is 5.03. The molecule has 0 bridgehead atoms. The molecule has 0 aromatic rings. The number of phosphoric ester groups is 1. The maximum atomic E-state index is 14.3. The maximum absolute atomic E-state index is 14.3. The molecule has 0 saturated heterocycles. The second-order valence-corrected chi connectivity index (χ2v) is 13.9. The van der Waals surface area contributed by atoms with E-state index in [2.05, 4.69) is 13.8 Å². The van der Waals surface area contributed by atoms with Crippen molar-refractivity contribution in [3.8, 4) is 0 Å². The normalized spacial score (nSPS) is 19.3. The molecule has 0 spiro atoms. The van der Waals surface area contributed by atoms with Crippen LogP contribution in [0.3, 0.4) is 0 Å². The monoisotopic (exact) mass is 620 g/mol. The number of carbonyl (C=O) groups is 1. The minimum absolute atomic E-state index is 0.00620. The molecule has 0 amide bonds. The number of unbranched alkanes of at least 4 members (excludes halogenated alkanes) is 12. The summed E-state index contributed by atoms with van der Waals surface area (Å²) in [5, 5.41) is 29.9. The Hall–Kier alpha value is -1.12. The zero-order valence-electron chi connectivity index (χ0n) is 27.2. The van der Waals surface area contributed by atoms with E-state index in [0.29, 0.717) is 12.8 Å². The van der Waals surface area contributed by atoms with Crippen LogP contribution in [0.15, 0.2) is 11.5 Å². The molecule has 3 N–H and O–H groups in total. The fraction of sp³-hybridized carbons (Fsp3) is 0.906. The van der Waals surface area contributed by atoms with Gasteiger partial charge in [0, 0.05) is 0 Å². The van der Waals surface area contributed by atoms with Gasteiger partial charge in [-0.2, -0.15) is 0 Å².